The smallest absolute Gasteiger partial charge is 0.338 e. The fraction of sp³-hybridized carbons (Fsp3) is 0.579. The molecule has 0 saturated carbocycles. The highest BCUT2D eigenvalue weighted by Crippen LogP contribution is 2.22. The molecule has 0 spiro atoms. The van der Waals surface area contributed by atoms with Crippen molar-refractivity contribution in [1.82, 2.24) is 4.90 Å². The summed E-state index contributed by atoms with van der Waals surface area (Å²) in [7, 11) is 0. The summed E-state index contributed by atoms with van der Waals surface area (Å²) in [5, 5.41) is 0. The van der Waals surface area contributed by atoms with Crippen molar-refractivity contribution in [2.45, 2.75) is 45.4 Å². The molecule has 0 N–H and O–H groups in total. The molecule has 23 heavy (non-hydrogen) atoms. The van der Waals surface area contributed by atoms with Crippen molar-refractivity contribution in [2.24, 2.45) is 5.92 Å². The number of aryl methyl sites for hydroxylation is 2. The van der Waals surface area contributed by atoms with Gasteiger partial charge >= 0.3 is 5.97 Å². The van der Waals surface area contributed by atoms with Gasteiger partial charge in [-0.2, -0.15) is 0 Å². The number of carbonyl (C=O) groups is 2. The number of nitrogens with zero attached hydrogens (tertiary/aromatic N) is 1. The zero-order valence-electron chi connectivity index (χ0n) is 13.8. The molecule has 0 radical (unpaired) electrons. The van der Waals surface area contributed by atoms with Gasteiger partial charge in [0, 0.05) is 13.1 Å². The second-order valence-electron chi connectivity index (χ2n) is 6.85. The number of hydrogen-bond acceptors (Lipinski definition) is 3. The SMILES string of the molecule is CC1CCCN(C(=O)COC(=O)c2ccc3c(c2)CCCC3)C1. The molecule has 1 heterocycles. The average Bonchev–Trinajstić information content (AvgIpc) is 2.59. The van der Waals surface area contributed by atoms with Crippen LogP contribution in [0.3, 0.4) is 0 Å². The Bertz CT molecular complexity index is 596. The van der Waals surface area contributed by atoms with Gasteiger partial charge in [-0.3, -0.25) is 4.79 Å². The minimum absolute atomic E-state index is 0.0807. The quantitative estimate of drug-likeness (QED) is 0.806. The van der Waals surface area contributed by atoms with Gasteiger partial charge < -0.3 is 9.64 Å². The second-order valence-corrected chi connectivity index (χ2v) is 6.85. The van der Waals surface area contributed by atoms with E-state index in [0.717, 1.165) is 32.4 Å². The third-order valence-electron chi connectivity index (χ3n) is 4.92. The lowest BCUT2D eigenvalue weighted by Gasteiger charge is -2.30. The summed E-state index contributed by atoms with van der Waals surface area (Å²) in [5.41, 5.74) is 3.15. The lowest BCUT2D eigenvalue weighted by atomic mass is 9.90. The average molecular weight is 315 g/mol. The summed E-state index contributed by atoms with van der Waals surface area (Å²) in [5.74, 6) is 0.0590. The predicted molar refractivity (Wildman–Crippen MR) is 88.3 cm³/mol. The third-order valence-corrected chi connectivity index (χ3v) is 4.92. The molecule has 1 aromatic carbocycles. The highest BCUT2D eigenvalue weighted by molar-refractivity contribution is 5.91. The maximum Gasteiger partial charge on any atom is 0.338 e. The van der Waals surface area contributed by atoms with Gasteiger partial charge in [0.25, 0.3) is 5.91 Å². The Kier molecular flexibility index (Phi) is 4.99. The van der Waals surface area contributed by atoms with Crippen molar-refractivity contribution in [3.05, 3.63) is 34.9 Å². The predicted octanol–water partition coefficient (Wildman–Crippen LogP) is 2.98. The fourth-order valence-electron chi connectivity index (χ4n) is 3.58. The normalized spacial score (nSPS) is 20.7. The first-order valence-electron chi connectivity index (χ1n) is 8.70. The van der Waals surface area contributed by atoms with Crippen LogP contribution in [0, 0.1) is 5.92 Å². The van der Waals surface area contributed by atoms with E-state index in [1.54, 1.807) is 0 Å². The van der Waals surface area contributed by atoms with Gasteiger partial charge in [-0.05, 0) is 67.7 Å². The first kappa shape index (κ1) is 16.0. The van der Waals surface area contributed by atoms with Gasteiger partial charge in [-0.15, -0.1) is 0 Å². The van der Waals surface area contributed by atoms with Crippen LogP contribution in [-0.4, -0.2) is 36.5 Å². The molecule has 1 aliphatic heterocycles. The summed E-state index contributed by atoms with van der Waals surface area (Å²) >= 11 is 0. The molecule has 3 rings (SSSR count). The van der Waals surface area contributed by atoms with E-state index >= 15 is 0 Å². The van der Waals surface area contributed by atoms with Crippen LogP contribution in [0.1, 0.15) is 54.1 Å². The van der Waals surface area contributed by atoms with Crippen LogP contribution in [0.5, 0.6) is 0 Å². The maximum absolute atomic E-state index is 12.2. The molecular weight excluding hydrogens is 290 g/mol. The van der Waals surface area contributed by atoms with Crippen molar-refractivity contribution < 1.29 is 14.3 Å². The Labute approximate surface area is 137 Å². The van der Waals surface area contributed by atoms with Gasteiger partial charge in [0.15, 0.2) is 6.61 Å². The summed E-state index contributed by atoms with van der Waals surface area (Å²) in [6, 6.07) is 5.78. The number of likely N-dealkylation sites (tertiary alicyclic amines) is 1. The Morgan fingerprint density at radius 2 is 1.96 bits per heavy atom. The second kappa shape index (κ2) is 7.16. The Hall–Kier alpha value is -1.84. The van der Waals surface area contributed by atoms with Crippen LogP contribution in [0.25, 0.3) is 0 Å². The molecule has 124 valence electrons. The monoisotopic (exact) mass is 315 g/mol. The minimum Gasteiger partial charge on any atom is -0.452 e. The summed E-state index contributed by atoms with van der Waals surface area (Å²) < 4.78 is 5.24. The van der Waals surface area contributed by atoms with E-state index in [1.807, 2.05) is 23.1 Å². The zero-order chi connectivity index (χ0) is 16.2. The zero-order valence-corrected chi connectivity index (χ0v) is 13.8. The van der Waals surface area contributed by atoms with Crippen LogP contribution >= 0.6 is 0 Å². The maximum atomic E-state index is 12.2. The Morgan fingerprint density at radius 1 is 1.17 bits per heavy atom. The van der Waals surface area contributed by atoms with Crippen molar-refractivity contribution in [3.63, 3.8) is 0 Å². The highest BCUT2D eigenvalue weighted by atomic mass is 16.5. The molecule has 2 aliphatic rings. The van der Waals surface area contributed by atoms with E-state index in [0.29, 0.717) is 11.5 Å². The van der Waals surface area contributed by atoms with Crippen LogP contribution in [0.4, 0.5) is 0 Å². The highest BCUT2D eigenvalue weighted by Gasteiger charge is 2.22. The molecule has 1 aliphatic carbocycles. The van der Waals surface area contributed by atoms with E-state index in [9.17, 15) is 9.59 Å². The van der Waals surface area contributed by atoms with Gasteiger partial charge in [-0.1, -0.05) is 13.0 Å². The fourth-order valence-corrected chi connectivity index (χ4v) is 3.58. The molecule has 1 amide bonds. The number of carbonyl (C=O) groups excluding carboxylic acids is 2. The van der Waals surface area contributed by atoms with Crippen molar-refractivity contribution in [3.8, 4) is 0 Å². The Morgan fingerprint density at radius 3 is 2.74 bits per heavy atom. The molecule has 1 saturated heterocycles. The molecule has 1 aromatic rings. The van der Waals surface area contributed by atoms with Crippen LogP contribution in [0.2, 0.25) is 0 Å². The number of ether oxygens (including phenoxy) is 1. The molecule has 1 atom stereocenters. The molecule has 4 nitrogen and oxygen atoms in total. The molecule has 1 fully saturated rings. The first-order chi connectivity index (χ1) is 11.1. The number of hydrogen-bond donors (Lipinski definition) is 0. The first-order valence-corrected chi connectivity index (χ1v) is 8.70. The van der Waals surface area contributed by atoms with E-state index in [1.165, 1.54) is 30.4 Å². The van der Waals surface area contributed by atoms with Crippen molar-refractivity contribution in [1.29, 1.82) is 0 Å². The third kappa shape index (κ3) is 3.92. The Balaban J connectivity index is 1.55. The molecular formula is C19H25NO3. The summed E-state index contributed by atoms with van der Waals surface area (Å²) in [6.45, 7) is 3.55. The molecule has 0 bridgehead atoms. The molecule has 4 heteroatoms. The van der Waals surface area contributed by atoms with E-state index in [4.69, 9.17) is 4.74 Å². The lowest BCUT2D eigenvalue weighted by Crippen LogP contribution is -2.41. The van der Waals surface area contributed by atoms with Gasteiger partial charge in [-0.25, -0.2) is 4.79 Å². The topological polar surface area (TPSA) is 46.6 Å². The summed E-state index contributed by atoms with van der Waals surface area (Å²) in [6.07, 6.45) is 6.72. The van der Waals surface area contributed by atoms with E-state index in [2.05, 4.69) is 6.92 Å². The molecule has 1 unspecified atom stereocenters. The largest absolute Gasteiger partial charge is 0.452 e. The van der Waals surface area contributed by atoms with Gasteiger partial charge in [0.1, 0.15) is 0 Å². The van der Waals surface area contributed by atoms with Crippen molar-refractivity contribution in [2.75, 3.05) is 19.7 Å². The van der Waals surface area contributed by atoms with E-state index < -0.39 is 5.97 Å². The number of amides is 1. The van der Waals surface area contributed by atoms with Crippen LogP contribution in [-0.2, 0) is 22.4 Å². The number of rotatable bonds is 3. The lowest BCUT2D eigenvalue weighted by molar-refractivity contribution is -0.136. The number of benzene rings is 1. The minimum atomic E-state index is -0.392. The van der Waals surface area contributed by atoms with Gasteiger partial charge in [0.2, 0.25) is 0 Å². The van der Waals surface area contributed by atoms with Crippen LogP contribution in [0.15, 0.2) is 18.2 Å². The number of fused-ring (bicyclic) bond motifs is 1. The van der Waals surface area contributed by atoms with Crippen molar-refractivity contribution >= 4 is 11.9 Å². The standard InChI is InChI=1S/C19H25NO3/c1-14-5-4-10-20(12-14)18(21)13-23-19(22)17-9-8-15-6-2-3-7-16(15)11-17/h8-9,11,14H,2-7,10,12-13H2,1H3. The number of esters is 1. The van der Waals surface area contributed by atoms with Gasteiger partial charge in [0.05, 0.1) is 5.56 Å². The molecule has 0 aromatic heterocycles. The van der Waals surface area contributed by atoms with E-state index in [-0.39, 0.29) is 12.5 Å². The van der Waals surface area contributed by atoms with Crippen LogP contribution < -0.4 is 0 Å². The summed E-state index contributed by atoms with van der Waals surface area (Å²) in [4.78, 5) is 26.2. The number of piperidine rings is 1.